The van der Waals surface area contributed by atoms with E-state index in [1.54, 1.807) is 4.90 Å². The van der Waals surface area contributed by atoms with Gasteiger partial charge in [-0.15, -0.1) is 0 Å². The minimum atomic E-state index is -0.311. The summed E-state index contributed by atoms with van der Waals surface area (Å²) in [4.78, 5) is 28.1. The number of nitrogens with zero attached hydrogens (tertiary/aromatic N) is 4. The molecule has 0 fully saturated rings. The number of methoxy groups -OCH3 is 2. The Hall–Kier alpha value is -3.52. The Bertz CT molecular complexity index is 1170. The fraction of sp³-hybridized carbons (Fsp3) is 0.182. The van der Waals surface area contributed by atoms with Crippen LogP contribution in [0, 0.1) is 6.92 Å². The molecule has 4 aromatic rings. The Balaban J connectivity index is 1.79. The Morgan fingerprint density at radius 2 is 1.80 bits per heavy atom. The van der Waals surface area contributed by atoms with Crippen molar-refractivity contribution in [2.75, 3.05) is 19.1 Å². The van der Waals surface area contributed by atoms with E-state index in [-0.39, 0.29) is 23.5 Å². The molecular weight excluding hydrogens is 400 g/mol. The van der Waals surface area contributed by atoms with Gasteiger partial charge in [-0.1, -0.05) is 47.7 Å². The second kappa shape index (κ2) is 8.46. The first-order valence-corrected chi connectivity index (χ1v) is 10.1. The summed E-state index contributed by atoms with van der Waals surface area (Å²) in [6, 6.07) is 17.4. The first kappa shape index (κ1) is 19.8. The van der Waals surface area contributed by atoms with Gasteiger partial charge in [-0.3, -0.25) is 9.69 Å². The summed E-state index contributed by atoms with van der Waals surface area (Å²) in [5.41, 5.74) is 3.15. The third-order valence-corrected chi connectivity index (χ3v) is 5.53. The van der Waals surface area contributed by atoms with Crippen LogP contribution in [0.5, 0.6) is 11.9 Å². The molecular formula is C22H20N4O3S. The minimum Gasteiger partial charge on any atom is -0.481 e. The molecule has 0 aliphatic rings. The lowest BCUT2D eigenvalue weighted by atomic mass is 10.2. The summed E-state index contributed by atoms with van der Waals surface area (Å²) in [6.45, 7) is 2.39. The quantitative estimate of drug-likeness (QED) is 0.464. The van der Waals surface area contributed by atoms with Gasteiger partial charge in [-0.25, -0.2) is 4.98 Å². The van der Waals surface area contributed by atoms with Crippen LogP contribution in [0.4, 0.5) is 5.13 Å². The highest BCUT2D eigenvalue weighted by atomic mass is 32.1. The van der Waals surface area contributed by atoms with Gasteiger partial charge in [-0.2, -0.15) is 9.97 Å². The van der Waals surface area contributed by atoms with Gasteiger partial charge in [0.2, 0.25) is 5.88 Å². The van der Waals surface area contributed by atoms with Crippen LogP contribution < -0.4 is 14.4 Å². The lowest BCUT2D eigenvalue weighted by Gasteiger charge is -2.20. The van der Waals surface area contributed by atoms with E-state index in [4.69, 9.17) is 14.5 Å². The highest BCUT2D eigenvalue weighted by molar-refractivity contribution is 7.22. The number of ether oxygens (including phenoxy) is 2. The van der Waals surface area contributed by atoms with Crippen molar-refractivity contribution in [1.82, 2.24) is 15.0 Å². The fourth-order valence-corrected chi connectivity index (χ4v) is 4.04. The number of thiazole rings is 1. The molecule has 0 aliphatic carbocycles. The number of aromatic nitrogens is 3. The number of anilines is 1. The van der Waals surface area contributed by atoms with Gasteiger partial charge >= 0.3 is 6.01 Å². The van der Waals surface area contributed by atoms with Gasteiger partial charge in [0.1, 0.15) is 5.69 Å². The lowest BCUT2D eigenvalue weighted by molar-refractivity contribution is 0.0978. The van der Waals surface area contributed by atoms with Gasteiger partial charge in [0, 0.05) is 6.07 Å². The van der Waals surface area contributed by atoms with Crippen molar-refractivity contribution >= 4 is 32.6 Å². The van der Waals surface area contributed by atoms with Crippen LogP contribution >= 0.6 is 11.3 Å². The monoisotopic (exact) mass is 420 g/mol. The summed E-state index contributed by atoms with van der Waals surface area (Å²) < 4.78 is 11.3. The molecule has 152 valence electrons. The van der Waals surface area contributed by atoms with Crippen LogP contribution in [0.25, 0.3) is 10.2 Å². The highest BCUT2D eigenvalue weighted by Crippen LogP contribution is 2.31. The van der Waals surface area contributed by atoms with Gasteiger partial charge < -0.3 is 9.47 Å². The molecule has 30 heavy (non-hydrogen) atoms. The van der Waals surface area contributed by atoms with Gasteiger partial charge in [0.15, 0.2) is 5.13 Å². The van der Waals surface area contributed by atoms with E-state index in [1.165, 1.54) is 31.6 Å². The summed E-state index contributed by atoms with van der Waals surface area (Å²) in [7, 11) is 2.92. The van der Waals surface area contributed by atoms with E-state index in [0.717, 1.165) is 21.3 Å². The third kappa shape index (κ3) is 4.08. The zero-order valence-corrected chi connectivity index (χ0v) is 17.6. The van der Waals surface area contributed by atoms with E-state index < -0.39 is 0 Å². The normalized spacial score (nSPS) is 10.8. The minimum absolute atomic E-state index is 0.0669. The maximum Gasteiger partial charge on any atom is 0.320 e. The Kier molecular flexibility index (Phi) is 5.58. The molecule has 0 saturated heterocycles. The summed E-state index contributed by atoms with van der Waals surface area (Å²) in [5.74, 6) is -0.0570. The number of aryl methyl sites for hydroxylation is 1. The molecule has 1 amide bonds. The molecule has 2 aromatic heterocycles. The number of hydrogen-bond donors (Lipinski definition) is 0. The zero-order chi connectivity index (χ0) is 21.1. The number of amides is 1. The number of benzene rings is 2. The third-order valence-electron chi connectivity index (χ3n) is 4.49. The molecule has 4 rings (SSSR count). The molecule has 2 aromatic carbocycles. The van der Waals surface area contributed by atoms with Crippen molar-refractivity contribution in [1.29, 1.82) is 0 Å². The predicted octanol–water partition coefficient (Wildman–Crippen LogP) is 4.26. The number of carbonyl (C=O) groups excluding carboxylic acids is 1. The average molecular weight is 420 g/mol. The van der Waals surface area contributed by atoms with Crippen LogP contribution in [0.2, 0.25) is 0 Å². The Labute approximate surface area is 177 Å². The summed E-state index contributed by atoms with van der Waals surface area (Å²) in [5, 5.41) is 0.598. The van der Waals surface area contributed by atoms with Crippen molar-refractivity contribution in [3.05, 3.63) is 71.4 Å². The molecule has 0 bridgehead atoms. The van der Waals surface area contributed by atoms with Crippen molar-refractivity contribution in [3.8, 4) is 11.9 Å². The van der Waals surface area contributed by atoms with Crippen LogP contribution in [0.15, 0.2) is 54.6 Å². The van der Waals surface area contributed by atoms with Gasteiger partial charge in [0.05, 0.1) is 31.0 Å². The van der Waals surface area contributed by atoms with Crippen LogP contribution in [0.1, 0.15) is 21.6 Å². The molecule has 0 saturated carbocycles. The number of hydrogen-bond acceptors (Lipinski definition) is 7. The Morgan fingerprint density at radius 3 is 2.53 bits per heavy atom. The molecule has 0 aliphatic heterocycles. The Morgan fingerprint density at radius 1 is 1.00 bits per heavy atom. The van der Waals surface area contributed by atoms with Gasteiger partial charge in [-0.05, 0) is 30.2 Å². The highest BCUT2D eigenvalue weighted by Gasteiger charge is 2.24. The van der Waals surface area contributed by atoms with E-state index in [2.05, 4.69) is 16.0 Å². The number of carbonyl (C=O) groups is 1. The SMILES string of the molecule is COc1cc(C(=O)N(Cc2ccccc2)c2nc3ccc(C)cc3s2)nc(OC)n1. The van der Waals surface area contributed by atoms with Crippen molar-refractivity contribution in [3.63, 3.8) is 0 Å². The maximum absolute atomic E-state index is 13.5. The van der Waals surface area contributed by atoms with Crippen LogP contribution in [-0.4, -0.2) is 35.1 Å². The fourth-order valence-electron chi connectivity index (χ4n) is 2.97. The molecule has 0 spiro atoms. The second-order valence-corrected chi connectivity index (χ2v) is 7.64. The number of rotatable bonds is 6. The topological polar surface area (TPSA) is 77.4 Å². The van der Waals surface area contributed by atoms with Gasteiger partial charge in [0.25, 0.3) is 5.91 Å². The predicted molar refractivity (Wildman–Crippen MR) is 116 cm³/mol. The molecule has 0 atom stereocenters. The van der Waals surface area contributed by atoms with Crippen molar-refractivity contribution < 1.29 is 14.3 Å². The molecule has 2 heterocycles. The maximum atomic E-state index is 13.5. The molecule has 8 heteroatoms. The van der Waals surface area contributed by atoms with E-state index in [0.29, 0.717) is 11.7 Å². The molecule has 0 radical (unpaired) electrons. The smallest absolute Gasteiger partial charge is 0.320 e. The lowest BCUT2D eigenvalue weighted by Crippen LogP contribution is -2.31. The summed E-state index contributed by atoms with van der Waals surface area (Å²) >= 11 is 1.47. The molecule has 0 N–H and O–H groups in total. The second-order valence-electron chi connectivity index (χ2n) is 6.63. The largest absolute Gasteiger partial charge is 0.481 e. The van der Waals surface area contributed by atoms with Crippen molar-refractivity contribution in [2.24, 2.45) is 0 Å². The average Bonchev–Trinajstić information content (AvgIpc) is 3.20. The number of fused-ring (bicyclic) bond motifs is 1. The van der Waals surface area contributed by atoms with E-state index in [1.807, 2.05) is 49.4 Å². The first-order valence-electron chi connectivity index (χ1n) is 9.27. The van der Waals surface area contributed by atoms with Crippen LogP contribution in [0.3, 0.4) is 0 Å². The van der Waals surface area contributed by atoms with Crippen LogP contribution in [-0.2, 0) is 6.54 Å². The van der Waals surface area contributed by atoms with Crippen molar-refractivity contribution in [2.45, 2.75) is 13.5 Å². The standard InChI is InChI=1S/C22H20N4O3S/c1-14-9-10-16-18(11-14)30-22(24-16)26(13-15-7-5-4-6-8-15)20(27)17-12-19(28-2)25-21(23-17)29-3/h4-12H,13H2,1-3H3. The zero-order valence-electron chi connectivity index (χ0n) is 16.8. The van der Waals surface area contributed by atoms with E-state index in [9.17, 15) is 4.79 Å². The van der Waals surface area contributed by atoms with E-state index >= 15 is 0 Å². The molecule has 0 unspecified atom stereocenters. The molecule has 7 nitrogen and oxygen atoms in total. The first-order chi connectivity index (χ1) is 14.6. The summed E-state index contributed by atoms with van der Waals surface area (Å²) in [6.07, 6.45) is 0.